The zero-order valence-corrected chi connectivity index (χ0v) is 35.3. The number of fused-ring (bicyclic) bond motifs is 14. The van der Waals surface area contributed by atoms with Crippen molar-refractivity contribution in [2.24, 2.45) is 28.8 Å². The number of aliphatic hydroxyl groups excluding tert-OH is 2. The van der Waals surface area contributed by atoms with Crippen LogP contribution in [0.2, 0.25) is 0 Å². The molecule has 4 aliphatic heterocycles. The number of benzene rings is 2. The summed E-state index contributed by atoms with van der Waals surface area (Å²) in [6.45, 7) is 15.1. The molecule has 0 aromatic heterocycles. The maximum atomic E-state index is 14.4. The number of phenols is 3. The van der Waals surface area contributed by atoms with E-state index in [0.717, 1.165) is 13.1 Å². The summed E-state index contributed by atoms with van der Waals surface area (Å²) in [6, 6.07) is 0. The van der Waals surface area contributed by atoms with Crippen LogP contribution in [-0.2, 0) is 23.8 Å². The number of aromatic hydroxyl groups is 3. The number of rotatable bonds is 4. The van der Waals surface area contributed by atoms with Gasteiger partial charge in [0.05, 0.1) is 53.0 Å². The number of nitrogens with zero attached hydrogens (tertiary/aromatic N) is 3. The second kappa shape index (κ2) is 18.0. The topological polar surface area (TPSA) is 220 Å². The van der Waals surface area contributed by atoms with Gasteiger partial charge in [-0.1, -0.05) is 45.9 Å². The molecule has 4 heterocycles. The van der Waals surface area contributed by atoms with Crippen molar-refractivity contribution in [2.75, 3.05) is 45.7 Å². The van der Waals surface area contributed by atoms with Gasteiger partial charge >= 0.3 is 11.8 Å². The number of hydrogen-bond acceptors (Lipinski definition) is 15. The van der Waals surface area contributed by atoms with Crippen LogP contribution in [0.1, 0.15) is 70.0 Å². The highest BCUT2D eigenvalue weighted by Crippen LogP contribution is 2.55. The number of methoxy groups -OCH3 is 1. The number of esters is 1. The van der Waals surface area contributed by atoms with Crippen LogP contribution in [0.3, 0.4) is 0 Å². The first-order chi connectivity index (χ1) is 27.7. The highest BCUT2D eigenvalue weighted by molar-refractivity contribution is 6.23. The molecule has 2 aromatic rings. The van der Waals surface area contributed by atoms with Gasteiger partial charge in [-0.15, -0.1) is 0 Å². The molecule has 1 fully saturated rings. The Balaban J connectivity index is 1.70. The Labute approximate surface area is 344 Å². The Kier molecular flexibility index (Phi) is 13.7. The summed E-state index contributed by atoms with van der Waals surface area (Å²) < 4.78 is 23.6. The molecule has 6 rings (SSSR count). The number of phenolic OH excluding ortho intramolecular Hbond substituents is 3. The summed E-state index contributed by atoms with van der Waals surface area (Å²) in [5.41, 5.74) is -0.350. The second-order valence-electron chi connectivity index (χ2n) is 16.1. The summed E-state index contributed by atoms with van der Waals surface area (Å²) >= 11 is 0. The van der Waals surface area contributed by atoms with Crippen molar-refractivity contribution in [1.29, 1.82) is 0 Å². The van der Waals surface area contributed by atoms with E-state index in [0.29, 0.717) is 13.1 Å². The van der Waals surface area contributed by atoms with Gasteiger partial charge in [0, 0.05) is 87.3 Å². The van der Waals surface area contributed by atoms with Gasteiger partial charge in [0.1, 0.15) is 23.4 Å². The second-order valence-corrected chi connectivity index (χ2v) is 16.1. The molecule has 1 amide bonds. The minimum absolute atomic E-state index is 0.0559. The Hall–Kier alpha value is -5.16. The number of allylic oxidation sites excluding steroid dienone is 2. The summed E-state index contributed by atoms with van der Waals surface area (Å²) in [4.78, 5) is 42.6. The van der Waals surface area contributed by atoms with Crippen LogP contribution >= 0.6 is 0 Å². The molecule has 0 spiro atoms. The van der Waals surface area contributed by atoms with Crippen molar-refractivity contribution in [1.82, 2.24) is 9.91 Å². The summed E-state index contributed by atoms with van der Waals surface area (Å²) in [5.74, 6) is -8.34. The number of Topliss-reactive ketones (excluding diaryl/α,β-unsaturated/α-hetero) is 1. The van der Waals surface area contributed by atoms with Gasteiger partial charge in [-0.2, -0.15) is 5.10 Å². The molecule has 2 aromatic carbocycles. The number of nitrogens with one attached hydrogen (secondary N) is 1. The number of piperazine rings is 1. The number of likely N-dealkylation sites (N-methyl/N-ethyl adjacent to an activating group) is 1. The van der Waals surface area contributed by atoms with Crippen LogP contribution in [0.25, 0.3) is 10.8 Å². The van der Waals surface area contributed by atoms with E-state index in [1.165, 1.54) is 59.4 Å². The number of amides is 1. The zero-order chi connectivity index (χ0) is 43.7. The molecule has 9 atom stereocenters. The fourth-order valence-corrected chi connectivity index (χ4v) is 7.92. The first-order valence-electron chi connectivity index (χ1n) is 19.8. The van der Waals surface area contributed by atoms with Crippen molar-refractivity contribution in [2.45, 2.75) is 85.6 Å². The van der Waals surface area contributed by atoms with E-state index in [-0.39, 0.29) is 44.5 Å². The molecule has 0 saturated carbocycles. The normalized spacial score (nSPS) is 31.5. The lowest BCUT2D eigenvalue weighted by Gasteiger charge is -2.38. The lowest BCUT2D eigenvalue weighted by molar-refractivity contribution is -0.160. The number of hydrazone groups is 1. The third-order valence-corrected chi connectivity index (χ3v) is 11.9. The number of hydrogen-bond donors (Lipinski definition) is 6. The molecular formula is C43H58N4O12. The summed E-state index contributed by atoms with van der Waals surface area (Å²) in [7, 11) is 3.42. The molecular weight excluding hydrogens is 764 g/mol. The van der Waals surface area contributed by atoms with E-state index in [1.54, 1.807) is 44.9 Å². The fourth-order valence-electron chi connectivity index (χ4n) is 7.92. The molecule has 16 heteroatoms. The third kappa shape index (κ3) is 8.91. The average Bonchev–Trinajstić information content (AvgIpc) is 3.46. The third-order valence-electron chi connectivity index (χ3n) is 11.9. The lowest BCUT2D eigenvalue weighted by atomic mass is 9.78. The van der Waals surface area contributed by atoms with Crippen molar-refractivity contribution in [3.63, 3.8) is 0 Å². The highest BCUT2D eigenvalue weighted by atomic mass is 16.7. The lowest BCUT2D eigenvalue weighted by Crippen LogP contribution is -2.46. The fraction of sp³-hybridized carbons (Fsp3) is 0.535. The van der Waals surface area contributed by atoms with Crippen LogP contribution in [0, 0.1) is 30.6 Å². The maximum absolute atomic E-state index is 14.4. The molecule has 4 aliphatic rings. The van der Waals surface area contributed by atoms with E-state index in [9.17, 15) is 39.9 Å². The predicted molar refractivity (Wildman–Crippen MR) is 220 cm³/mol. The van der Waals surface area contributed by atoms with E-state index >= 15 is 0 Å². The van der Waals surface area contributed by atoms with Gasteiger partial charge in [0.2, 0.25) is 0 Å². The smallest absolute Gasteiger partial charge is 0.312 e. The predicted octanol–water partition coefficient (Wildman–Crippen LogP) is 4.34. The van der Waals surface area contributed by atoms with Crippen molar-refractivity contribution in [3.05, 3.63) is 52.8 Å². The molecule has 0 radical (unpaired) electrons. The Morgan fingerprint density at radius 1 is 0.949 bits per heavy atom. The van der Waals surface area contributed by atoms with E-state index in [1.807, 2.05) is 7.05 Å². The number of anilines is 1. The number of ketones is 1. The van der Waals surface area contributed by atoms with Crippen molar-refractivity contribution in [3.8, 4) is 23.0 Å². The van der Waals surface area contributed by atoms with Crippen LogP contribution in [0.15, 0.2) is 41.2 Å². The zero-order valence-electron chi connectivity index (χ0n) is 35.3. The van der Waals surface area contributed by atoms with E-state index < -0.39 is 88.8 Å². The SMILES string of the molecule is CO[C@H]1/C=C/O[C@@]2(C)Oc3c(C)c(O)c4c(O)c(c(/C=N/N5CCN(C)CC5)c(O)c4c3C2=O)NC(=O)/C(C)=C\C=C[C@H](C)[C@H](O)[C@@H](C)[C@@H](O)[C@@H](C)[C@H](OC(C)=O)[C@@H]1C. The van der Waals surface area contributed by atoms with Gasteiger partial charge in [-0.25, -0.2) is 0 Å². The molecule has 6 N–H and O–H groups in total. The number of ether oxygens (including phenoxy) is 4. The van der Waals surface area contributed by atoms with Crippen LogP contribution in [0.4, 0.5) is 5.69 Å². The minimum atomic E-state index is -2.04. The monoisotopic (exact) mass is 822 g/mol. The van der Waals surface area contributed by atoms with Crippen molar-refractivity contribution >= 4 is 40.3 Å². The number of aliphatic hydroxyl groups is 2. The first-order valence-corrected chi connectivity index (χ1v) is 19.8. The molecule has 5 bridgehead atoms. The number of carbonyl (C=O) groups is 3. The Bertz CT molecular complexity index is 2070. The molecule has 322 valence electrons. The molecule has 0 aliphatic carbocycles. The highest BCUT2D eigenvalue weighted by Gasteiger charge is 2.50. The maximum Gasteiger partial charge on any atom is 0.312 e. The van der Waals surface area contributed by atoms with Gasteiger partial charge in [0.25, 0.3) is 11.7 Å². The van der Waals surface area contributed by atoms with Gasteiger partial charge < -0.3 is 54.7 Å². The summed E-state index contributed by atoms with van der Waals surface area (Å²) in [5, 5.41) is 66.8. The van der Waals surface area contributed by atoms with E-state index in [2.05, 4.69) is 15.3 Å². The van der Waals surface area contributed by atoms with Gasteiger partial charge in [0.15, 0.2) is 5.75 Å². The summed E-state index contributed by atoms with van der Waals surface area (Å²) in [6.07, 6.45) is 4.86. The molecule has 59 heavy (non-hydrogen) atoms. The minimum Gasteiger partial charge on any atom is -0.507 e. The largest absolute Gasteiger partial charge is 0.507 e. The average molecular weight is 823 g/mol. The molecule has 16 nitrogen and oxygen atoms in total. The Morgan fingerprint density at radius 2 is 1.61 bits per heavy atom. The quantitative estimate of drug-likeness (QED) is 0.109. The van der Waals surface area contributed by atoms with Crippen LogP contribution in [0.5, 0.6) is 23.0 Å². The molecule has 0 unspecified atom stereocenters. The van der Waals surface area contributed by atoms with Crippen molar-refractivity contribution < 1.29 is 58.9 Å². The standard InChI is InChI=1S/C43H58N4O12/c1-21-12-11-13-22(2)42(55)45-33-28(20-44-47-17-15-46(9)16-18-47)37(52)30-31(38(33)53)36(51)26(6)40-32(30)41(54)43(8,59-40)57-19-14-29(56-10)23(3)39(58-27(7)48)25(5)35(50)24(4)34(21)49/h11-14,19-21,23-25,29,34-35,39,49-53H,15-18H2,1-10H3,(H,45,55)/b12-11?,19-14+,22-13-,44-20+/t21-,23+,24+,25+,29-,34-,35+,39+,43-/m0/s1. The van der Waals surface area contributed by atoms with Gasteiger partial charge in [-0.05, 0) is 27.0 Å². The Morgan fingerprint density at radius 3 is 2.24 bits per heavy atom. The van der Waals surface area contributed by atoms with E-state index in [4.69, 9.17) is 18.9 Å². The first kappa shape index (κ1) is 44.9. The van der Waals surface area contributed by atoms with Crippen LogP contribution < -0.4 is 10.1 Å². The number of carbonyl (C=O) groups excluding carboxylic acids is 3. The van der Waals surface area contributed by atoms with Crippen LogP contribution in [-0.4, -0.2) is 130 Å². The molecule has 1 saturated heterocycles. The van der Waals surface area contributed by atoms with Gasteiger partial charge in [-0.3, -0.25) is 19.4 Å².